The van der Waals surface area contributed by atoms with Crippen molar-refractivity contribution in [1.82, 2.24) is 0 Å². The van der Waals surface area contributed by atoms with Crippen LogP contribution in [0.2, 0.25) is 0 Å². The standard InChI is InChI=1S/C13H19NO2.C2H6/c1-10(15)16-9-11-5-7-12(8-6-11)14-13(2,3)4;1-2/h5-8,14H,9H2,1-4H3;1-2H3. The molecule has 0 atom stereocenters. The number of benzene rings is 1. The van der Waals surface area contributed by atoms with E-state index in [0.29, 0.717) is 6.61 Å². The molecule has 0 aromatic heterocycles. The lowest BCUT2D eigenvalue weighted by molar-refractivity contribution is -0.142. The van der Waals surface area contributed by atoms with Gasteiger partial charge in [0.25, 0.3) is 0 Å². The van der Waals surface area contributed by atoms with Crippen molar-refractivity contribution in [2.45, 2.75) is 53.7 Å². The Morgan fingerprint density at radius 3 is 2.06 bits per heavy atom. The maximum absolute atomic E-state index is 10.6. The molecule has 0 aliphatic heterocycles. The van der Waals surface area contributed by atoms with Crippen LogP contribution < -0.4 is 5.32 Å². The molecule has 0 saturated heterocycles. The zero-order chi connectivity index (χ0) is 14.2. The van der Waals surface area contributed by atoms with E-state index in [9.17, 15) is 4.79 Å². The van der Waals surface area contributed by atoms with Gasteiger partial charge in [-0.05, 0) is 38.5 Å². The fraction of sp³-hybridized carbons (Fsp3) is 0.533. The van der Waals surface area contributed by atoms with E-state index in [0.717, 1.165) is 11.3 Å². The highest BCUT2D eigenvalue weighted by molar-refractivity contribution is 5.65. The molecule has 0 unspecified atom stereocenters. The van der Waals surface area contributed by atoms with E-state index in [1.165, 1.54) is 6.92 Å². The molecule has 3 heteroatoms. The van der Waals surface area contributed by atoms with Gasteiger partial charge in [0.05, 0.1) is 0 Å². The first-order valence-corrected chi connectivity index (χ1v) is 6.37. The Morgan fingerprint density at radius 2 is 1.67 bits per heavy atom. The average molecular weight is 251 g/mol. The predicted molar refractivity (Wildman–Crippen MR) is 76.6 cm³/mol. The van der Waals surface area contributed by atoms with Crippen molar-refractivity contribution in [3.05, 3.63) is 29.8 Å². The number of esters is 1. The number of carbonyl (C=O) groups excluding carboxylic acids is 1. The second kappa shape index (κ2) is 7.75. The molecule has 3 nitrogen and oxygen atoms in total. The van der Waals surface area contributed by atoms with E-state index >= 15 is 0 Å². The Morgan fingerprint density at radius 1 is 1.17 bits per heavy atom. The first-order chi connectivity index (χ1) is 8.37. The number of hydrogen-bond acceptors (Lipinski definition) is 3. The molecular weight excluding hydrogens is 226 g/mol. The zero-order valence-electron chi connectivity index (χ0n) is 12.3. The molecule has 0 heterocycles. The average Bonchev–Trinajstić information content (AvgIpc) is 2.29. The summed E-state index contributed by atoms with van der Waals surface area (Å²) in [6.45, 7) is 12.1. The van der Waals surface area contributed by atoms with Gasteiger partial charge in [0.2, 0.25) is 0 Å². The molecule has 0 bridgehead atoms. The molecule has 1 N–H and O–H groups in total. The first-order valence-electron chi connectivity index (χ1n) is 6.37. The van der Waals surface area contributed by atoms with Gasteiger partial charge in [-0.15, -0.1) is 0 Å². The van der Waals surface area contributed by atoms with Crippen molar-refractivity contribution < 1.29 is 9.53 Å². The fourth-order valence-corrected chi connectivity index (χ4v) is 1.30. The van der Waals surface area contributed by atoms with Gasteiger partial charge in [-0.2, -0.15) is 0 Å². The third kappa shape index (κ3) is 7.71. The molecule has 0 spiro atoms. The molecule has 0 aliphatic rings. The molecule has 0 saturated carbocycles. The summed E-state index contributed by atoms with van der Waals surface area (Å²) in [4.78, 5) is 10.6. The van der Waals surface area contributed by atoms with Crippen LogP contribution in [0, 0.1) is 0 Å². The number of carbonyl (C=O) groups is 1. The van der Waals surface area contributed by atoms with E-state index in [2.05, 4.69) is 26.1 Å². The Hall–Kier alpha value is -1.51. The predicted octanol–water partition coefficient (Wildman–Crippen LogP) is 3.99. The van der Waals surface area contributed by atoms with Crippen LogP contribution in [0.4, 0.5) is 5.69 Å². The zero-order valence-corrected chi connectivity index (χ0v) is 12.3. The summed E-state index contributed by atoms with van der Waals surface area (Å²) in [5.74, 6) is -0.253. The smallest absolute Gasteiger partial charge is 0.302 e. The summed E-state index contributed by atoms with van der Waals surface area (Å²) in [6, 6.07) is 7.89. The highest BCUT2D eigenvalue weighted by atomic mass is 16.5. The SMILES string of the molecule is CC.CC(=O)OCc1ccc(NC(C)(C)C)cc1. The topological polar surface area (TPSA) is 38.3 Å². The van der Waals surface area contributed by atoms with Gasteiger partial charge < -0.3 is 10.1 Å². The fourth-order valence-electron chi connectivity index (χ4n) is 1.30. The van der Waals surface area contributed by atoms with Crippen molar-refractivity contribution in [1.29, 1.82) is 0 Å². The van der Waals surface area contributed by atoms with Crippen LogP contribution >= 0.6 is 0 Å². The van der Waals surface area contributed by atoms with Crippen molar-refractivity contribution in [3.8, 4) is 0 Å². The van der Waals surface area contributed by atoms with Crippen LogP contribution in [-0.4, -0.2) is 11.5 Å². The van der Waals surface area contributed by atoms with Crippen molar-refractivity contribution >= 4 is 11.7 Å². The summed E-state index contributed by atoms with van der Waals surface area (Å²) in [6.07, 6.45) is 0. The highest BCUT2D eigenvalue weighted by Gasteiger charge is 2.08. The summed E-state index contributed by atoms with van der Waals surface area (Å²) < 4.78 is 4.91. The Kier molecular flexibility index (Phi) is 7.10. The third-order valence-electron chi connectivity index (χ3n) is 1.92. The second-order valence-electron chi connectivity index (χ2n) is 4.85. The van der Waals surface area contributed by atoms with E-state index in [1.54, 1.807) is 0 Å². The van der Waals surface area contributed by atoms with E-state index < -0.39 is 0 Å². The maximum Gasteiger partial charge on any atom is 0.302 e. The number of nitrogens with one attached hydrogen (secondary N) is 1. The molecule has 1 aromatic rings. The molecule has 0 fully saturated rings. The summed E-state index contributed by atoms with van der Waals surface area (Å²) >= 11 is 0. The van der Waals surface area contributed by atoms with Gasteiger partial charge in [-0.3, -0.25) is 4.79 Å². The van der Waals surface area contributed by atoms with Crippen molar-refractivity contribution in [2.24, 2.45) is 0 Å². The van der Waals surface area contributed by atoms with E-state index in [1.807, 2.05) is 38.1 Å². The van der Waals surface area contributed by atoms with E-state index in [-0.39, 0.29) is 11.5 Å². The van der Waals surface area contributed by atoms with Gasteiger partial charge in [0, 0.05) is 18.2 Å². The largest absolute Gasteiger partial charge is 0.461 e. The number of anilines is 1. The quantitative estimate of drug-likeness (QED) is 0.826. The van der Waals surface area contributed by atoms with Crippen LogP contribution in [0.1, 0.15) is 47.1 Å². The minimum absolute atomic E-state index is 0.0530. The first kappa shape index (κ1) is 16.5. The lowest BCUT2D eigenvalue weighted by Crippen LogP contribution is -2.25. The van der Waals surface area contributed by atoms with Gasteiger partial charge in [0.15, 0.2) is 0 Å². The molecule has 0 radical (unpaired) electrons. The molecule has 0 aliphatic carbocycles. The van der Waals surface area contributed by atoms with Crippen LogP contribution in [0.3, 0.4) is 0 Å². The summed E-state index contributed by atoms with van der Waals surface area (Å²) in [5.41, 5.74) is 2.12. The number of hydrogen-bond donors (Lipinski definition) is 1. The molecule has 1 rings (SSSR count). The van der Waals surface area contributed by atoms with Crippen LogP contribution in [-0.2, 0) is 16.1 Å². The molecule has 0 amide bonds. The Balaban J connectivity index is 0.00000137. The summed E-state index contributed by atoms with van der Waals surface area (Å²) in [7, 11) is 0. The van der Waals surface area contributed by atoms with Gasteiger partial charge >= 0.3 is 5.97 Å². The van der Waals surface area contributed by atoms with Gasteiger partial charge in [-0.25, -0.2) is 0 Å². The number of rotatable bonds is 3. The van der Waals surface area contributed by atoms with Crippen LogP contribution in [0.25, 0.3) is 0 Å². The molecule has 1 aromatic carbocycles. The normalized spacial score (nSPS) is 10.1. The third-order valence-corrected chi connectivity index (χ3v) is 1.92. The van der Waals surface area contributed by atoms with Crippen LogP contribution in [0.15, 0.2) is 24.3 Å². The minimum Gasteiger partial charge on any atom is -0.461 e. The number of ether oxygens (including phenoxy) is 1. The Bertz CT molecular complexity index is 350. The highest BCUT2D eigenvalue weighted by Crippen LogP contribution is 2.15. The van der Waals surface area contributed by atoms with Crippen molar-refractivity contribution in [2.75, 3.05) is 5.32 Å². The van der Waals surface area contributed by atoms with E-state index in [4.69, 9.17) is 4.74 Å². The lowest BCUT2D eigenvalue weighted by atomic mass is 10.1. The van der Waals surface area contributed by atoms with Gasteiger partial charge in [-0.1, -0.05) is 26.0 Å². The Labute approximate surface area is 111 Å². The molecule has 102 valence electrons. The lowest BCUT2D eigenvalue weighted by Gasteiger charge is -2.22. The van der Waals surface area contributed by atoms with Gasteiger partial charge in [0.1, 0.15) is 6.61 Å². The monoisotopic (exact) mass is 251 g/mol. The second-order valence-corrected chi connectivity index (χ2v) is 4.85. The van der Waals surface area contributed by atoms with Crippen molar-refractivity contribution in [3.63, 3.8) is 0 Å². The molecule has 18 heavy (non-hydrogen) atoms. The minimum atomic E-state index is -0.253. The molecular formula is C15H25NO2. The summed E-state index contributed by atoms with van der Waals surface area (Å²) in [5, 5.41) is 3.37. The maximum atomic E-state index is 10.6. The van der Waals surface area contributed by atoms with Crippen LogP contribution in [0.5, 0.6) is 0 Å².